The van der Waals surface area contributed by atoms with Crippen molar-refractivity contribution in [1.29, 1.82) is 0 Å². The first kappa shape index (κ1) is 15.4. The van der Waals surface area contributed by atoms with E-state index in [1.807, 2.05) is 24.3 Å². The molecule has 2 aliphatic carbocycles. The molecule has 0 aliphatic heterocycles. The maximum atomic E-state index is 12.8. The molecule has 5 nitrogen and oxygen atoms in total. The highest BCUT2D eigenvalue weighted by molar-refractivity contribution is 6.06. The van der Waals surface area contributed by atoms with E-state index < -0.39 is 0 Å². The molecule has 0 bridgehead atoms. The molecule has 2 saturated carbocycles. The average Bonchev–Trinajstić information content (AvgIpc) is 3.52. The molecule has 1 heterocycles. The highest BCUT2D eigenvalue weighted by Crippen LogP contribution is 2.44. The number of benzene rings is 1. The number of hydrogen-bond donors (Lipinski definition) is 2. The van der Waals surface area contributed by atoms with Gasteiger partial charge in [0.2, 0.25) is 0 Å². The van der Waals surface area contributed by atoms with Crippen LogP contribution in [0.1, 0.15) is 47.7 Å². The Balaban J connectivity index is 1.69. The minimum absolute atomic E-state index is 0.0997. The van der Waals surface area contributed by atoms with Crippen LogP contribution in [0.3, 0.4) is 0 Å². The molecule has 4 rings (SSSR count). The van der Waals surface area contributed by atoms with Crippen LogP contribution in [0.15, 0.2) is 24.3 Å². The number of fused-ring (bicyclic) bond motifs is 1. The van der Waals surface area contributed by atoms with Crippen molar-refractivity contribution >= 4 is 16.8 Å². The van der Waals surface area contributed by atoms with Crippen LogP contribution in [0, 0.1) is 5.41 Å². The molecule has 0 spiro atoms. The third-order valence-corrected chi connectivity index (χ3v) is 5.19. The summed E-state index contributed by atoms with van der Waals surface area (Å²) in [5, 5.41) is 13.2. The minimum atomic E-state index is -0.102. The summed E-state index contributed by atoms with van der Waals surface area (Å²) in [4.78, 5) is 17.5. The second-order valence-electron chi connectivity index (χ2n) is 7.09. The highest BCUT2D eigenvalue weighted by Gasteiger charge is 2.42. The maximum Gasteiger partial charge on any atom is 0.252 e. The molecule has 1 amide bonds. The molecule has 0 saturated heterocycles. The molecule has 5 heteroatoms. The Hall–Kier alpha value is -2.14. The quantitative estimate of drug-likeness (QED) is 0.856. The van der Waals surface area contributed by atoms with Crippen molar-refractivity contribution < 1.29 is 14.6 Å². The Labute approximate surface area is 141 Å². The third-order valence-electron chi connectivity index (χ3n) is 5.19. The number of rotatable bonds is 6. The van der Waals surface area contributed by atoms with E-state index in [0.29, 0.717) is 23.8 Å². The number of aliphatic hydroxyl groups is 1. The zero-order valence-electron chi connectivity index (χ0n) is 13.8. The second-order valence-corrected chi connectivity index (χ2v) is 7.09. The summed E-state index contributed by atoms with van der Waals surface area (Å²) in [5.74, 6) is 1.10. The van der Waals surface area contributed by atoms with E-state index in [2.05, 4.69) is 5.32 Å². The number of aromatic nitrogens is 1. The molecular weight excluding hydrogens is 304 g/mol. The Morgan fingerprint density at radius 1 is 1.38 bits per heavy atom. The summed E-state index contributed by atoms with van der Waals surface area (Å²) in [7, 11) is 1.62. The standard InChI is InChI=1S/C19H22N2O3/c1-24-13-4-5-16-14(8-13)15(9-17(21-16)12-2-3-12)18(23)20-10-19(11-22)6-7-19/h4-5,8-9,12,22H,2-3,6-7,10-11H2,1H3,(H,20,23). The lowest BCUT2D eigenvalue weighted by Gasteiger charge is -2.15. The van der Waals surface area contributed by atoms with Crippen LogP contribution in [0.5, 0.6) is 5.75 Å². The van der Waals surface area contributed by atoms with Gasteiger partial charge in [0, 0.05) is 29.0 Å². The number of nitrogens with one attached hydrogen (secondary N) is 1. The molecule has 2 aromatic rings. The number of amides is 1. The van der Waals surface area contributed by atoms with E-state index in [1.54, 1.807) is 7.11 Å². The van der Waals surface area contributed by atoms with Gasteiger partial charge in [0.1, 0.15) is 5.75 Å². The van der Waals surface area contributed by atoms with E-state index >= 15 is 0 Å². The number of aliphatic hydroxyl groups excluding tert-OH is 1. The SMILES string of the molecule is COc1ccc2nc(C3CC3)cc(C(=O)NCC3(CO)CC3)c2c1. The van der Waals surface area contributed by atoms with Gasteiger partial charge >= 0.3 is 0 Å². The van der Waals surface area contributed by atoms with Crippen LogP contribution in [-0.4, -0.2) is 36.3 Å². The molecule has 1 aromatic carbocycles. The molecule has 2 fully saturated rings. The normalized spacial score (nSPS) is 18.4. The van der Waals surface area contributed by atoms with Crippen molar-refractivity contribution in [3.63, 3.8) is 0 Å². The zero-order valence-corrected chi connectivity index (χ0v) is 13.8. The molecule has 1 aromatic heterocycles. The number of carbonyl (C=O) groups is 1. The predicted molar refractivity (Wildman–Crippen MR) is 91.4 cm³/mol. The van der Waals surface area contributed by atoms with E-state index in [1.165, 1.54) is 0 Å². The summed E-state index contributed by atoms with van der Waals surface area (Å²) < 4.78 is 5.30. The molecule has 24 heavy (non-hydrogen) atoms. The molecule has 2 aliphatic rings. The molecule has 2 N–H and O–H groups in total. The van der Waals surface area contributed by atoms with Crippen molar-refractivity contribution in [2.75, 3.05) is 20.3 Å². The summed E-state index contributed by atoms with van der Waals surface area (Å²) in [6.07, 6.45) is 4.23. The van der Waals surface area contributed by atoms with Gasteiger partial charge in [-0.05, 0) is 49.9 Å². The van der Waals surface area contributed by atoms with E-state index in [9.17, 15) is 9.90 Å². The van der Waals surface area contributed by atoms with Crippen LogP contribution >= 0.6 is 0 Å². The molecule has 0 unspecified atom stereocenters. The molecule has 126 valence electrons. The van der Waals surface area contributed by atoms with Crippen LogP contribution in [-0.2, 0) is 0 Å². The highest BCUT2D eigenvalue weighted by atomic mass is 16.5. The zero-order chi connectivity index (χ0) is 16.7. The van der Waals surface area contributed by atoms with Crippen LogP contribution in [0.25, 0.3) is 10.9 Å². The first-order chi connectivity index (χ1) is 11.6. The first-order valence-corrected chi connectivity index (χ1v) is 8.52. The van der Waals surface area contributed by atoms with Gasteiger partial charge in [0.05, 0.1) is 24.8 Å². The minimum Gasteiger partial charge on any atom is -0.497 e. The molecule has 0 atom stereocenters. The molecule has 0 radical (unpaired) electrons. The monoisotopic (exact) mass is 326 g/mol. The van der Waals surface area contributed by atoms with Gasteiger partial charge in [-0.3, -0.25) is 9.78 Å². The fraction of sp³-hybridized carbons (Fsp3) is 0.474. The lowest BCUT2D eigenvalue weighted by Crippen LogP contribution is -2.32. The largest absolute Gasteiger partial charge is 0.497 e. The summed E-state index contributed by atoms with van der Waals surface area (Å²) in [6.45, 7) is 0.653. The van der Waals surface area contributed by atoms with E-state index in [0.717, 1.165) is 42.3 Å². The fourth-order valence-corrected chi connectivity index (χ4v) is 3.06. The van der Waals surface area contributed by atoms with Gasteiger partial charge in [0.15, 0.2) is 0 Å². The number of nitrogens with zero attached hydrogens (tertiary/aromatic N) is 1. The van der Waals surface area contributed by atoms with Crippen LogP contribution < -0.4 is 10.1 Å². The maximum absolute atomic E-state index is 12.8. The Morgan fingerprint density at radius 2 is 2.17 bits per heavy atom. The van der Waals surface area contributed by atoms with Crippen molar-refractivity contribution in [3.05, 3.63) is 35.5 Å². The second kappa shape index (κ2) is 5.74. The van der Waals surface area contributed by atoms with Crippen LogP contribution in [0.4, 0.5) is 0 Å². The van der Waals surface area contributed by atoms with Gasteiger partial charge in [0.25, 0.3) is 5.91 Å². The Kier molecular flexibility index (Phi) is 3.68. The average molecular weight is 326 g/mol. The van der Waals surface area contributed by atoms with Gasteiger partial charge < -0.3 is 15.2 Å². The number of pyridine rings is 1. The van der Waals surface area contributed by atoms with Crippen molar-refractivity contribution in [1.82, 2.24) is 10.3 Å². The van der Waals surface area contributed by atoms with E-state index in [4.69, 9.17) is 9.72 Å². The van der Waals surface area contributed by atoms with Crippen molar-refractivity contribution in [3.8, 4) is 5.75 Å². The Bertz CT molecular complexity index is 795. The third kappa shape index (κ3) is 2.84. The van der Waals surface area contributed by atoms with Gasteiger partial charge in [-0.2, -0.15) is 0 Å². The van der Waals surface area contributed by atoms with Gasteiger partial charge in [-0.25, -0.2) is 0 Å². The topological polar surface area (TPSA) is 71.5 Å². The number of carbonyl (C=O) groups excluding carboxylic acids is 1. The van der Waals surface area contributed by atoms with E-state index in [-0.39, 0.29) is 17.9 Å². The number of methoxy groups -OCH3 is 1. The van der Waals surface area contributed by atoms with Crippen LogP contribution in [0.2, 0.25) is 0 Å². The van der Waals surface area contributed by atoms with Gasteiger partial charge in [-0.15, -0.1) is 0 Å². The fourth-order valence-electron chi connectivity index (χ4n) is 3.06. The summed E-state index contributed by atoms with van der Waals surface area (Å²) in [5.41, 5.74) is 2.37. The van der Waals surface area contributed by atoms with Crippen molar-refractivity contribution in [2.24, 2.45) is 5.41 Å². The summed E-state index contributed by atoms with van der Waals surface area (Å²) in [6, 6.07) is 7.58. The summed E-state index contributed by atoms with van der Waals surface area (Å²) >= 11 is 0. The lowest BCUT2D eigenvalue weighted by molar-refractivity contribution is 0.0936. The molecular formula is C19H22N2O3. The van der Waals surface area contributed by atoms with Gasteiger partial charge in [-0.1, -0.05) is 0 Å². The number of ether oxygens (including phenoxy) is 1. The predicted octanol–water partition coefficient (Wildman–Crippen LogP) is 2.62. The lowest BCUT2D eigenvalue weighted by atomic mass is 10.0. The smallest absolute Gasteiger partial charge is 0.252 e. The Morgan fingerprint density at radius 3 is 2.79 bits per heavy atom. The number of hydrogen-bond acceptors (Lipinski definition) is 4. The van der Waals surface area contributed by atoms with Crippen molar-refractivity contribution in [2.45, 2.75) is 31.6 Å². The first-order valence-electron chi connectivity index (χ1n) is 8.52.